The van der Waals surface area contributed by atoms with E-state index in [0.29, 0.717) is 22.7 Å². The number of aryl methyl sites for hydroxylation is 2. The van der Waals surface area contributed by atoms with E-state index in [0.717, 1.165) is 32.0 Å². The molecule has 4 nitrogen and oxygen atoms in total. The predicted octanol–water partition coefficient (Wildman–Crippen LogP) is 5.15. The Morgan fingerprint density at radius 3 is 2.14 bits per heavy atom. The Hall–Kier alpha value is -1.99. The Bertz CT molecular complexity index is 965. The van der Waals surface area contributed by atoms with Gasteiger partial charge in [-0.3, -0.25) is 13.6 Å². The number of aromatic nitrogens is 1. The second-order valence-corrected chi connectivity index (χ2v) is 8.83. The SMILES string of the molecule is CC1=CC(C)=N/C1=C(/C1=CC(C)(C)N([O])C1(C)C)c1c(C)cc(C)n1B(F)F. The lowest BCUT2D eigenvalue weighted by Gasteiger charge is -2.35. The Labute approximate surface area is 166 Å². The van der Waals surface area contributed by atoms with Crippen LogP contribution in [0, 0.1) is 13.8 Å². The van der Waals surface area contributed by atoms with Crippen LogP contribution >= 0.6 is 0 Å². The van der Waals surface area contributed by atoms with E-state index < -0.39 is 18.5 Å². The van der Waals surface area contributed by atoms with Crippen LogP contribution in [0.25, 0.3) is 5.57 Å². The topological polar surface area (TPSA) is 40.4 Å². The zero-order chi connectivity index (χ0) is 21.2. The Morgan fingerprint density at radius 1 is 1.11 bits per heavy atom. The van der Waals surface area contributed by atoms with Gasteiger partial charge in [-0.15, -0.1) is 10.3 Å². The van der Waals surface area contributed by atoms with Gasteiger partial charge in [0.05, 0.1) is 16.8 Å². The zero-order valence-electron chi connectivity index (χ0n) is 17.8. The summed E-state index contributed by atoms with van der Waals surface area (Å²) in [6.07, 6.45) is 3.84. The molecule has 0 atom stereocenters. The Morgan fingerprint density at radius 2 is 1.71 bits per heavy atom. The molecule has 1 radical (unpaired) electrons. The van der Waals surface area contributed by atoms with Crippen LogP contribution in [0.5, 0.6) is 0 Å². The minimum absolute atomic E-state index is 0.430. The van der Waals surface area contributed by atoms with E-state index in [1.165, 1.54) is 0 Å². The first-order chi connectivity index (χ1) is 12.8. The van der Waals surface area contributed by atoms with Crippen LogP contribution in [-0.4, -0.2) is 33.7 Å². The van der Waals surface area contributed by atoms with Gasteiger partial charge < -0.3 is 4.48 Å². The van der Waals surface area contributed by atoms with Crippen molar-refractivity contribution in [3.8, 4) is 0 Å². The molecule has 0 saturated heterocycles. The average Bonchev–Trinajstić information content (AvgIpc) is 3.09. The highest BCUT2D eigenvalue weighted by Crippen LogP contribution is 2.48. The molecular formula is C21H27BF2N3O. The summed E-state index contributed by atoms with van der Waals surface area (Å²) >= 11 is 0. The molecule has 3 rings (SSSR count). The molecule has 0 saturated carbocycles. The summed E-state index contributed by atoms with van der Waals surface area (Å²) in [5, 5.41) is 14.0. The van der Waals surface area contributed by atoms with Crippen molar-refractivity contribution in [2.24, 2.45) is 4.99 Å². The monoisotopic (exact) mass is 386 g/mol. The summed E-state index contributed by atoms with van der Waals surface area (Å²) in [6.45, 7) is 14.7. The quantitative estimate of drug-likeness (QED) is 0.662. The van der Waals surface area contributed by atoms with Crippen LogP contribution in [0.15, 0.2) is 40.1 Å². The van der Waals surface area contributed by atoms with E-state index >= 15 is 0 Å². The number of rotatable bonds is 3. The van der Waals surface area contributed by atoms with Gasteiger partial charge in [0.1, 0.15) is 0 Å². The summed E-state index contributed by atoms with van der Waals surface area (Å²) in [5.41, 5.74) is 3.77. The van der Waals surface area contributed by atoms with Gasteiger partial charge in [-0.25, -0.2) is 0 Å². The number of hydrogen-bond acceptors (Lipinski definition) is 2. The largest absolute Gasteiger partial charge is 0.677 e. The van der Waals surface area contributed by atoms with Gasteiger partial charge in [0.2, 0.25) is 0 Å². The molecule has 2 aliphatic heterocycles. The number of nitrogens with zero attached hydrogens (tertiary/aromatic N) is 3. The minimum atomic E-state index is -2.68. The summed E-state index contributed by atoms with van der Waals surface area (Å²) in [4.78, 5) is 4.66. The molecule has 0 bridgehead atoms. The second kappa shape index (κ2) is 6.53. The zero-order valence-corrected chi connectivity index (χ0v) is 17.8. The average molecular weight is 386 g/mol. The minimum Gasteiger partial charge on any atom is -0.329 e. The fraction of sp³-hybridized carbons (Fsp3) is 0.476. The van der Waals surface area contributed by atoms with Crippen molar-refractivity contribution in [2.45, 2.75) is 66.5 Å². The van der Waals surface area contributed by atoms with Crippen molar-refractivity contribution in [1.29, 1.82) is 0 Å². The Kier molecular flexibility index (Phi) is 4.83. The summed E-state index contributed by atoms with van der Waals surface area (Å²) in [7, 11) is -2.68. The Balaban J connectivity index is 2.43. The maximum atomic E-state index is 14.0. The van der Waals surface area contributed by atoms with Gasteiger partial charge in [0, 0.05) is 22.7 Å². The first-order valence-corrected chi connectivity index (χ1v) is 9.45. The molecule has 0 aliphatic carbocycles. The summed E-state index contributed by atoms with van der Waals surface area (Å²) in [5.74, 6) is 0. The molecule has 0 aromatic carbocycles. The fourth-order valence-electron chi connectivity index (χ4n) is 4.48. The molecule has 1 aromatic heterocycles. The van der Waals surface area contributed by atoms with E-state index in [1.807, 2.05) is 60.6 Å². The highest BCUT2D eigenvalue weighted by atomic mass is 19.2. The maximum Gasteiger partial charge on any atom is 0.677 e. The normalized spacial score (nSPS) is 22.9. The third kappa shape index (κ3) is 3.01. The molecular weight excluding hydrogens is 359 g/mol. The number of allylic oxidation sites excluding steroid dienone is 2. The van der Waals surface area contributed by atoms with Crippen molar-refractivity contribution in [3.05, 3.63) is 52.0 Å². The number of hydroxylamine groups is 2. The van der Waals surface area contributed by atoms with Crippen molar-refractivity contribution in [2.75, 3.05) is 0 Å². The molecule has 0 unspecified atom stereocenters. The molecule has 0 N–H and O–H groups in total. The van der Waals surface area contributed by atoms with E-state index in [1.54, 1.807) is 13.0 Å². The van der Waals surface area contributed by atoms with Crippen molar-refractivity contribution >= 4 is 18.7 Å². The third-order valence-corrected chi connectivity index (χ3v) is 5.63. The van der Waals surface area contributed by atoms with Gasteiger partial charge in [-0.05, 0) is 84.2 Å². The predicted molar refractivity (Wildman–Crippen MR) is 110 cm³/mol. The molecule has 7 heteroatoms. The lowest BCUT2D eigenvalue weighted by molar-refractivity contribution is -0.237. The lowest BCUT2D eigenvalue weighted by atomic mass is 9.84. The van der Waals surface area contributed by atoms with Crippen LogP contribution in [0.2, 0.25) is 0 Å². The molecule has 0 fully saturated rings. The van der Waals surface area contributed by atoms with E-state index in [4.69, 9.17) is 0 Å². The molecule has 3 heterocycles. The van der Waals surface area contributed by atoms with E-state index in [2.05, 4.69) is 4.99 Å². The molecule has 149 valence electrons. The molecule has 2 aliphatic rings. The highest BCUT2D eigenvalue weighted by Gasteiger charge is 2.49. The highest BCUT2D eigenvalue weighted by molar-refractivity contribution is 6.41. The summed E-state index contributed by atoms with van der Waals surface area (Å²) in [6, 6.07) is 1.76. The van der Waals surface area contributed by atoms with Crippen LogP contribution in [-0.2, 0) is 5.21 Å². The summed E-state index contributed by atoms with van der Waals surface area (Å²) < 4.78 is 29.1. The fourth-order valence-corrected chi connectivity index (χ4v) is 4.48. The van der Waals surface area contributed by atoms with Gasteiger partial charge in [-0.1, -0.05) is 6.08 Å². The maximum absolute atomic E-state index is 14.0. The van der Waals surface area contributed by atoms with Crippen molar-refractivity contribution < 1.29 is 13.8 Å². The molecule has 0 amide bonds. The van der Waals surface area contributed by atoms with Crippen molar-refractivity contribution in [3.63, 3.8) is 0 Å². The first-order valence-electron chi connectivity index (χ1n) is 9.45. The van der Waals surface area contributed by atoms with Gasteiger partial charge in [-0.2, -0.15) is 0 Å². The number of hydrogen-bond donors (Lipinski definition) is 0. The molecule has 28 heavy (non-hydrogen) atoms. The van der Waals surface area contributed by atoms with Crippen LogP contribution < -0.4 is 0 Å². The van der Waals surface area contributed by atoms with E-state index in [9.17, 15) is 13.8 Å². The number of aliphatic imine (C=N–C) groups is 1. The smallest absolute Gasteiger partial charge is 0.329 e. The van der Waals surface area contributed by atoms with Crippen LogP contribution in [0.3, 0.4) is 0 Å². The van der Waals surface area contributed by atoms with Crippen molar-refractivity contribution in [1.82, 2.24) is 9.54 Å². The molecule has 1 aromatic rings. The number of halogens is 2. The van der Waals surface area contributed by atoms with E-state index in [-0.39, 0.29) is 0 Å². The standard InChI is InChI=1S/C21H27BF2N3O/c1-12-9-14(3)25-18(12)17(16-11-20(5,6)27(28)21(16,7)8)19-13(2)10-15(4)26(19)22(23)24/h9-11H,1-8H3/b18-17-. The van der Waals surface area contributed by atoms with Gasteiger partial charge in [0.15, 0.2) is 0 Å². The van der Waals surface area contributed by atoms with Gasteiger partial charge >= 0.3 is 7.40 Å². The van der Waals surface area contributed by atoms with Crippen LogP contribution in [0.4, 0.5) is 8.63 Å². The van der Waals surface area contributed by atoms with Crippen LogP contribution in [0.1, 0.15) is 58.5 Å². The second-order valence-electron chi connectivity index (χ2n) is 8.83. The molecule has 0 spiro atoms. The van der Waals surface area contributed by atoms with Gasteiger partial charge in [0.25, 0.3) is 0 Å². The first kappa shape index (κ1) is 20.7. The lowest BCUT2D eigenvalue weighted by Crippen LogP contribution is -2.47. The third-order valence-electron chi connectivity index (χ3n) is 5.63.